The van der Waals surface area contributed by atoms with Crippen molar-refractivity contribution in [2.75, 3.05) is 26.3 Å². The minimum absolute atomic E-state index is 0.0246. The van der Waals surface area contributed by atoms with Crippen molar-refractivity contribution in [2.45, 2.75) is 39.5 Å². The van der Waals surface area contributed by atoms with Crippen LogP contribution in [-0.2, 0) is 14.3 Å². The van der Waals surface area contributed by atoms with Crippen molar-refractivity contribution in [1.82, 2.24) is 10.6 Å². The first-order valence-corrected chi connectivity index (χ1v) is 7.28. The third-order valence-corrected chi connectivity index (χ3v) is 3.42. The maximum atomic E-state index is 11.8. The van der Waals surface area contributed by atoms with Gasteiger partial charge in [0.1, 0.15) is 0 Å². The van der Waals surface area contributed by atoms with E-state index in [1.165, 1.54) is 0 Å². The fourth-order valence-electron chi connectivity index (χ4n) is 2.20. The minimum Gasteiger partial charge on any atom is -0.381 e. The summed E-state index contributed by atoms with van der Waals surface area (Å²) < 4.78 is 5.28. The summed E-state index contributed by atoms with van der Waals surface area (Å²) in [7, 11) is 0. The Balaban J connectivity index is 2.09. The highest BCUT2D eigenvalue weighted by molar-refractivity contribution is 5.79. The van der Waals surface area contributed by atoms with E-state index in [2.05, 4.69) is 17.6 Å². The molecule has 0 aromatic heterocycles. The van der Waals surface area contributed by atoms with Crippen molar-refractivity contribution in [2.24, 2.45) is 11.8 Å². The van der Waals surface area contributed by atoms with Crippen LogP contribution in [0.3, 0.4) is 0 Å². The molecule has 1 aliphatic rings. The highest BCUT2D eigenvalue weighted by atomic mass is 16.5. The zero-order valence-electron chi connectivity index (χ0n) is 12.0. The Kier molecular flexibility index (Phi) is 7.48. The van der Waals surface area contributed by atoms with Crippen molar-refractivity contribution in [1.29, 1.82) is 0 Å². The number of nitrogens with one attached hydrogen (secondary N) is 2. The molecule has 5 heteroatoms. The molecule has 2 atom stereocenters. The predicted molar refractivity (Wildman–Crippen MR) is 73.6 cm³/mol. The second-order valence-corrected chi connectivity index (χ2v) is 5.19. The van der Waals surface area contributed by atoms with Gasteiger partial charge in [0.2, 0.25) is 11.8 Å². The van der Waals surface area contributed by atoms with Crippen molar-refractivity contribution < 1.29 is 14.3 Å². The molecular weight excluding hydrogens is 244 g/mol. The molecule has 0 aliphatic carbocycles. The Morgan fingerprint density at radius 3 is 2.68 bits per heavy atom. The lowest BCUT2D eigenvalue weighted by Crippen LogP contribution is -2.40. The van der Waals surface area contributed by atoms with E-state index in [0.717, 1.165) is 32.3 Å². The molecule has 1 fully saturated rings. The lowest BCUT2D eigenvalue weighted by atomic mass is 10.0. The van der Waals surface area contributed by atoms with Crippen LogP contribution in [0, 0.1) is 11.8 Å². The third-order valence-electron chi connectivity index (χ3n) is 3.42. The molecule has 2 N–H and O–H groups in total. The Hall–Kier alpha value is -1.10. The van der Waals surface area contributed by atoms with E-state index in [4.69, 9.17) is 4.74 Å². The molecule has 2 unspecified atom stereocenters. The molecule has 0 spiro atoms. The van der Waals surface area contributed by atoms with E-state index >= 15 is 0 Å². The summed E-state index contributed by atoms with van der Waals surface area (Å²) in [6.07, 6.45) is 3.75. The summed E-state index contributed by atoms with van der Waals surface area (Å²) >= 11 is 0. The van der Waals surface area contributed by atoms with Crippen LogP contribution in [0.2, 0.25) is 0 Å². The van der Waals surface area contributed by atoms with Crippen LogP contribution in [0.4, 0.5) is 0 Å². The Bertz CT molecular complexity index is 288. The fraction of sp³-hybridized carbons (Fsp3) is 0.857. The second-order valence-electron chi connectivity index (χ2n) is 5.19. The van der Waals surface area contributed by atoms with Crippen LogP contribution in [0.1, 0.15) is 39.5 Å². The molecule has 0 aromatic carbocycles. The summed E-state index contributed by atoms with van der Waals surface area (Å²) in [5.74, 6) is 0.128. The Morgan fingerprint density at radius 2 is 2.05 bits per heavy atom. The molecule has 110 valence electrons. The fourth-order valence-corrected chi connectivity index (χ4v) is 2.20. The van der Waals surface area contributed by atoms with Crippen LogP contribution in [0.15, 0.2) is 0 Å². The molecule has 0 bridgehead atoms. The lowest BCUT2D eigenvalue weighted by Gasteiger charge is -2.21. The summed E-state index contributed by atoms with van der Waals surface area (Å²) in [6.45, 7) is 6.25. The molecule has 19 heavy (non-hydrogen) atoms. The molecule has 2 amide bonds. The van der Waals surface area contributed by atoms with E-state index in [9.17, 15) is 9.59 Å². The molecular formula is C14H26N2O3. The van der Waals surface area contributed by atoms with Gasteiger partial charge in [-0.25, -0.2) is 0 Å². The first-order valence-electron chi connectivity index (χ1n) is 7.28. The van der Waals surface area contributed by atoms with Gasteiger partial charge in [-0.1, -0.05) is 20.3 Å². The molecule has 0 aromatic rings. The maximum Gasteiger partial charge on any atom is 0.225 e. The van der Waals surface area contributed by atoms with Gasteiger partial charge in [-0.15, -0.1) is 0 Å². The molecule has 0 radical (unpaired) electrons. The quantitative estimate of drug-likeness (QED) is 0.680. The standard InChI is InChI=1S/C14H26N2O3/c1-3-5-11(2)13(17)15-7-8-16-14(18)12-6-4-9-19-10-12/h11-12H,3-10H2,1-2H3,(H,15,17)(H,16,18). The van der Waals surface area contributed by atoms with E-state index in [0.29, 0.717) is 19.7 Å². The zero-order valence-corrected chi connectivity index (χ0v) is 12.0. The summed E-state index contributed by atoms with van der Waals surface area (Å²) in [5, 5.41) is 5.69. The van der Waals surface area contributed by atoms with E-state index in [1.54, 1.807) is 0 Å². The summed E-state index contributed by atoms with van der Waals surface area (Å²) in [5.41, 5.74) is 0. The smallest absolute Gasteiger partial charge is 0.225 e. The normalized spacial score (nSPS) is 20.6. The van der Waals surface area contributed by atoms with Crippen molar-refractivity contribution in [3.8, 4) is 0 Å². The third kappa shape index (κ3) is 6.05. The number of ether oxygens (including phenoxy) is 1. The average Bonchev–Trinajstić information content (AvgIpc) is 2.44. The summed E-state index contributed by atoms with van der Waals surface area (Å²) in [4.78, 5) is 23.4. The number of carbonyl (C=O) groups is 2. The Morgan fingerprint density at radius 1 is 1.32 bits per heavy atom. The van der Waals surface area contributed by atoms with Gasteiger partial charge in [0.25, 0.3) is 0 Å². The second kappa shape index (κ2) is 8.91. The highest BCUT2D eigenvalue weighted by Crippen LogP contribution is 2.13. The van der Waals surface area contributed by atoms with Crippen molar-refractivity contribution in [3.63, 3.8) is 0 Å². The van der Waals surface area contributed by atoms with E-state index < -0.39 is 0 Å². The molecule has 1 saturated heterocycles. The average molecular weight is 270 g/mol. The van der Waals surface area contributed by atoms with Crippen LogP contribution in [-0.4, -0.2) is 38.1 Å². The minimum atomic E-state index is -0.0246. The molecule has 1 heterocycles. The zero-order chi connectivity index (χ0) is 14.1. The topological polar surface area (TPSA) is 67.4 Å². The van der Waals surface area contributed by atoms with Gasteiger partial charge in [0.05, 0.1) is 12.5 Å². The SMILES string of the molecule is CCCC(C)C(=O)NCCNC(=O)C1CCCOC1. The van der Waals surface area contributed by atoms with Gasteiger partial charge in [-0.3, -0.25) is 9.59 Å². The summed E-state index contributed by atoms with van der Waals surface area (Å²) in [6, 6.07) is 0. The number of rotatable bonds is 7. The van der Waals surface area contributed by atoms with Gasteiger partial charge >= 0.3 is 0 Å². The van der Waals surface area contributed by atoms with E-state index in [1.807, 2.05) is 6.92 Å². The van der Waals surface area contributed by atoms with Gasteiger partial charge in [0, 0.05) is 25.6 Å². The van der Waals surface area contributed by atoms with E-state index in [-0.39, 0.29) is 23.7 Å². The number of carbonyl (C=O) groups excluding carboxylic acids is 2. The number of hydrogen-bond acceptors (Lipinski definition) is 3. The van der Waals surface area contributed by atoms with Crippen LogP contribution in [0.25, 0.3) is 0 Å². The predicted octanol–water partition coefficient (Wildman–Crippen LogP) is 1.08. The first kappa shape index (κ1) is 16.0. The van der Waals surface area contributed by atoms with Crippen molar-refractivity contribution in [3.05, 3.63) is 0 Å². The van der Waals surface area contributed by atoms with Crippen LogP contribution in [0.5, 0.6) is 0 Å². The van der Waals surface area contributed by atoms with Gasteiger partial charge in [-0.05, 0) is 19.3 Å². The first-order chi connectivity index (χ1) is 9.15. The Labute approximate surface area is 115 Å². The number of hydrogen-bond donors (Lipinski definition) is 2. The number of amides is 2. The van der Waals surface area contributed by atoms with Crippen molar-refractivity contribution >= 4 is 11.8 Å². The molecule has 1 aliphatic heterocycles. The van der Waals surface area contributed by atoms with Gasteiger partial charge in [0.15, 0.2) is 0 Å². The molecule has 5 nitrogen and oxygen atoms in total. The maximum absolute atomic E-state index is 11.8. The largest absolute Gasteiger partial charge is 0.381 e. The lowest BCUT2D eigenvalue weighted by molar-refractivity contribution is -0.129. The van der Waals surface area contributed by atoms with Crippen LogP contribution < -0.4 is 10.6 Å². The molecule has 1 rings (SSSR count). The highest BCUT2D eigenvalue weighted by Gasteiger charge is 2.21. The van der Waals surface area contributed by atoms with Crippen LogP contribution >= 0.6 is 0 Å². The van der Waals surface area contributed by atoms with Gasteiger partial charge in [-0.2, -0.15) is 0 Å². The monoisotopic (exact) mass is 270 g/mol. The van der Waals surface area contributed by atoms with Gasteiger partial charge < -0.3 is 15.4 Å². The molecule has 0 saturated carbocycles.